The third-order valence-corrected chi connectivity index (χ3v) is 5.99. The fourth-order valence-electron chi connectivity index (χ4n) is 3.88. The van der Waals surface area contributed by atoms with Gasteiger partial charge in [0, 0.05) is 12.8 Å². The highest BCUT2D eigenvalue weighted by molar-refractivity contribution is 5.66. The summed E-state index contributed by atoms with van der Waals surface area (Å²) in [6.07, 6.45) is 28.7. The van der Waals surface area contributed by atoms with E-state index in [1.807, 2.05) is 0 Å². The normalized spacial score (nSPS) is 10.6. The number of hydrogen-bond acceptors (Lipinski definition) is 2. The molecule has 0 aromatic carbocycles. The van der Waals surface area contributed by atoms with Crippen molar-refractivity contribution < 1.29 is 19.8 Å². The molecule has 0 bridgehead atoms. The molecular formula is C28H56O4. The molecule has 0 atom stereocenters. The van der Waals surface area contributed by atoms with Crippen LogP contribution < -0.4 is 0 Å². The van der Waals surface area contributed by atoms with Crippen LogP contribution >= 0.6 is 0 Å². The van der Waals surface area contributed by atoms with Crippen molar-refractivity contribution in [1.29, 1.82) is 0 Å². The second-order valence-electron chi connectivity index (χ2n) is 9.36. The van der Waals surface area contributed by atoms with Crippen LogP contribution in [0.3, 0.4) is 0 Å². The second-order valence-corrected chi connectivity index (χ2v) is 9.36. The molecule has 4 heteroatoms. The monoisotopic (exact) mass is 456 g/mol. The van der Waals surface area contributed by atoms with E-state index in [0.717, 1.165) is 25.7 Å². The molecule has 0 radical (unpaired) electrons. The highest BCUT2D eigenvalue weighted by Crippen LogP contribution is 2.12. The molecule has 0 unspecified atom stereocenters. The molecule has 192 valence electrons. The second kappa shape index (κ2) is 29.9. The van der Waals surface area contributed by atoms with Gasteiger partial charge in [0.2, 0.25) is 0 Å². The van der Waals surface area contributed by atoms with E-state index in [2.05, 4.69) is 13.8 Å². The van der Waals surface area contributed by atoms with Crippen LogP contribution in [0.2, 0.25) is 0 Å². The zero-order valence-corrected chi connectivity index (χ0v) is 21.7. The van der Waals surface area contributed by atoms with Gasteiger partial charge in [-0.05, 0) is 12.8 Å². The topological polar surface area (TPSA) is 74.6 Å². The van der Waals surface area contributed by atoms with Crippen molar-refractivity contribution in [3.63, 3.8) is 0 Å². The molecule has 0 amide bonds. The predicted octanol–water partition coefficient (Wildman–Crippen LogP) is 9.54. The lowest BCUT2D eigenvalue weighted by atomic mass is 10.1. The fourth-order valence-corrected chi connectivity index (χ4v) is 3.88. The van der Waals surface area contributed by atoms with Crippen molar-refractivity contribution in [1.82, 2.24) is 0 Å². The van der Waals surface area contributed by atoms with Gasteiger partial charge in [0.15, 0.2) is 0 Å². The summed E-state index contributed by atoms with van der Waals surface area (Å²) in [4.78, 5) is 20.5. The molecule has 0 saturated carbocycles. The van der Waals surface area contributed by atoms with Crippen LogP contribution in [-0.4, -0.2) is 22.2 Å². The maximum absolute atomic E-state index is 10.3. The Labute approximate surface area is 200 Å². The van der Waals surface area contributed by atoms with Crippen molar-refractivity contribution in [3.05, 3.63) is 0 Å². The van der Waals surface area contributed by atoms with E-state index in [0.29, 0.717) is 12.8 Å². The Morgan fingerprint density at radius 1 is 0.375 bits per heavy atom. The molecule has 0 heterocycles. The Bertz CT molecular complexity index is 346. The molecule has 0 aromatic rings. The molecule has 2 N–H and O–H groups in total. The molecule has 32 heavy (non-hydrogen) atoms. The van der Waals surface area contributed by atoms with Crippen LogP contribution in [0.15, 0.2) is 0 Å². The lowest BCUT2D eigenvalue weighted by Gasteiger charge is -2.01. The number of carbonyl (C=O) groups is 2. The van der Waals surface area contributed by atoms with Gasteiger partial charge >= 0.3 is 11.9 Å². The maximum Gasteiger partial charge on any atom is 0.303 e. The van der Waals surface area contributed by atoms with E-state index in [4.69, 9.17) is 10.2 Å². The lowest BCUT2D eigenvalue weighted by molar-refractivity contribution is -0.138. The zero-order valence-electron chi connectivity index (χ0n) is 21.7. The Kier molecular flexibility index (Phi) is 31.0. The minimum Gasteiger partial charge on any atom is -0.481 e. The zero-order chi connectivity index (χ0) is 24.1. The molecule has 4 nitrogen and oxygen atoms in total. The third-order valence-electron chi connectivity index (χ3n) is 5.99. The molecule has 0 aliphatic heterocycles. The standard InChI is InChI=1S/2C14H28O2/c2*1-2-3-4-5-6-7-8-9-10-11-12-13-14(15)16/h2*2-13H2,1H3,(H,15,16). The number of carboxylic acid groups (broad SMARTS) is 2. The number of aliphatic carboxylic acids is 2. The lowest BCUT2D eigenvalue weighted by Crippen LogP contribution is -1.93. The summed E-state index contributed by atoms with van der Waals surface area (Å²) in [6, 6.07) is 0. The van der Waals surface area contributed by atoms with Crippen LogP contribution in [-0.2, 0) is 9.59 Å². The molecule has 0 saturated heterocycles. The van der Waals surface area contributed by atoms with Gasteiger partial charge in [0.05, 0.1) is 0 Å². The van der Waals surface area contributed by atoms with Crippen molar-refractivity contribution in [3.8, 4) is 0 Å². The highest BCUT2D eigenvalue weighted by atomic mass is 16.4. The number of carboxylic acids is 2. The minimum atomic E-state index is -0.657. The van der Waals surface area contributed by atoms with E-state index in [-0.39, 0.29) is 0 Å². The SMILES string of the molecule is CCCCCCCCCCCCCC(=O)O.CCCCCCCCCCCCCC(=O)O. The minimum absolute atomic E-state index is 0.344. The van der Waals surface area contributed by atoms with Gasteiger partial charge in [-0.3, -0.25) is 9.59 Å². The van der Waals surface area contributed by atoms with Crippen molar-refractivity contribution >= 4 is 11.9 Å². The van der Waals surface area contributed by atoms with Gasteiger partial charge in [0.1, 0.15) is 0 Å². The van der Waals surface area contributed by atoms with Crippen LogP contribution in [0.1, 0.15) is 168 Å². The summed E-state index contributed by atoms with van der Waals surface area (Å²) in [5, 5.41) is 16.9. The number of rotatable bonds is 24. The molecular weight excluding hydrogens is 400 g/mol. The first-order valence-electron chi connectivity index (χ1n) is 14.0. The van der Waals surface area contributed by atoms with E-state index in [1.54, 1.807) is 0 Å². The van der Waals surface area contributed by atoms with Gasteiger partial charge in [-0.15, -0.1) is 0 Å². The van der Waals surface area contributed by atoms with E-state index in [1.165, 1.54) is 116 Å². The van der Waals surface area contributed by atoms with Gasteiger partial charge < -0.3 is 10.2 Å². The predicted molar refractivity (Wildman–Crippen MR) is 137 cm³/mol. The Balaban J connectivity index is 0. The smallest absolute Gasteiger partial charge is 0.303 e. The first-order chi connectivity index (χ1) is 15.5. The average Bonchev–Trinajstić information content (AvgIpc) is 2.76. The van der Waals surface area contributed by atoms with E-state index >= 15 is 0 Å². The van der Waals surface area contributed by atoms with E-state index < -0.39 is 11.9 Å². The van der Waals surface area contributed by atoms with Gasteiger partial charge in [-0.25, -0.2) is 0 Å². The van der Waals surface area contributed by atoms with Crippen molar-refractivity contribution in [2.24, 2.45) is 0 Å². The van der Waals surface area contributed by atoms with Gasteiger partial charge in [-0.1, -0.05) is 142 Å². The van der Waals surface area contributed by atoms with Crippen molar-refractivity contribution in [2.45, 2.75) is 168 Å². The Morgan fingerprint density at radius 3 is 0.750 bits per heavy atom. The number of unbranched alkanes of at least 4 members (excludes halogenated alkanes) is 20. The van der Waals surface area contributed by atoms with Gasteiger partial charge in [0.25, 0.3) is 0 Å². The largest absolute Gasteiger partial charge is 0.481 e. The summed E-state index contributed by atoms with van der Waals surface area (Å²) >= 11 is 0. The molecule has 0 aliphatic rings. The highest BCUT2D eigenvalue weighted by Gasteiger charge is 1.97. The molecule has 0 rings (SSSR count). The van der Waals surface area contributed by atoms with Crippen molar-refractivity contribution in [2.75, 3.05) is 0 Å². The fraction of sp³-hybridized carbons (Fsp3) is 0.929. The van der Waals surface area contributed by atoms with Gasteiger partial charge in [-0.2, -0.15) is 0 Å². The first kappa shape index (κ1) is 33.1. The average molecular weight is 457 g/mol. The third kappa shape index (κ3) is 36.3. The molecule has 0 spiro atoms. The first-order valence-corrected chi connectivity index (χ1v) is 14.0. The summed E-state index contributed by atoms with van der Waals surface area (Å²) in [7, 11) is 0. The van der Waals surface area contributed by atoms with Crippen LogP contribution in [0.5, 0.6) is 0 Å². The molecule has 0 aliphatic carbocycles. The maximum atomic E-state index is 10.3. The molecule has 0 aromatic heterocycles. The molecule has 0 fully saturated rings. The summed E-state index contributed by atoms with van der Waals surface area (Å²) in [5.74, 6) is -1.31. The summed E-state index contributed by atoms with van der Waals surface area (Å²) in [6.45, 7) is 4.49. The summed E-state index contributed by atoms with van der Waals surface area (Å²) < 4.78 is 0. The van der Waals surface area contributed by atoms with Crippen LogP contribution in [0, 0.1) is 0 Å². The number of hydrogen-bond donors (Lipinski definition) is 2. The quantitative estimate of drug-likeness (QED) is 0.142. The summed E-state index contributed by atoms with van der Waals surface area (Å²) in [5.41, 5.74) is 0. The van der Waals surface area contributed by atoms with Crippen LogP contribution in [0.25, 0.3) is 0 Å². The Hall–Kier alpha value is -1.06. The Morgan fingerprint density at radius 2 is 0.562 bits per heavy atom. The van der Waals surface area contributed by atoms with Crippen LogP contribution in [0.4, 0.5) is 0 Å². The van der Waals surface area contributed by atoms with E-state index in [9.17, 15) is 9.59 Å².